The number of fused-ring (bicyclic) bond motifs is 8. The quantitative estimate of drug-likeness (QED) is 0.191. The van der Waals surface area contributed by atoms with Crippen molar-refractivity contribution >= 4 is 39.8 Å². The summed E-state index contributed by atoms with van der Waals surface area (Å²) in [6, 6.07) is 32.8. The molecule has 0 spiro atoms. The van der Waals surface area contributed by atoms with Crippen molar-refractivity contribution in [2.24, 2.45) is 0 Å². The molecule has 0 saturated heterocycles. The molecule has 0 aromatic heterocycles. The average molecular weight is 511 g/mol. The van der Waals surface area contributed by atoms with E-state index in [9.17, 15) is 5.26 Å². The highest BCUT2D eigenvalue weighted by Crippen LogP contribution is 2.56. The molecule has 0 N–H and O–H groups in total. The van der Waals surface area contributed by atoms with Crippen molar-refractivity contribution in [2.75, 3.05) is 9.80 Å². The van der Waals surface area contributed by atoms with E-state index in [1.54, 1.807) is 0 Å². The summed E-state index contributed by atoms with van der Waals surface area (Å²) < 4.78 is 0. The molecular weight excluding hydrogens is 488 g/mol. The molecule has 4 heteroatoms. The highest BCUT2D eigenvalue weighted by Gasteiger charge is 2.37. The van der Waals surface area contributed by atoms with Gasteiger partial charge in [-0.1, -0.05) is 54.6 Å². The van der Waals surface area contributed by atoms with E-state index in [0.717, 1.165) is 48.1 Å². The first-order valence-electron chi connectivity index (χ1n) is 13.7. The molecule has 0 aliphatic carbocycles. The summed E-state index contributed by atoms with van der Waals surface area (Å²) >= 11 is 0. The van der Waals surface area contributed by atoms with Gasteiger partial charge in [0.05, 0.1) is 35.3 Å². The molecule has 5 aromatic carbocycles. The van der Waals surface area contributed by atoms with Gasteiger partial charge in [0, 0.05) is 36.3 Å². The number of nitriles is 1. The van der Waals surface area contributed by atoms with Gasteiger partial charge in [0.1, 0.15) is 0 Å². The summed E-state index contributed by atoms with van der Waals surface area (Å²) in [6.45, 7) is 7.85. The van der Waals surface area contributed by atoms with Crippen molar-refractivity contribution in [3.05, 3.63) is 146 Å². The maximum atomic E-state index is 9.96. The van der Waals surface area contributed by atoms with E-state index in [2.05, 4.69) is 93.5 Å². The predicted octanol–water partition coefficient (Wildman–Crippen LogP) is 8.67. The van der Waals surface area contributed by atoms with E-state index >= 15 is 0 Å². The maximum Gasteiger partial charge on any atom is 0.192 e. The molecule has 4 heterocycles. The fourth-order valence-electron chi connectivity index (χ4n) is 7.42. The lowest BCUT2D eigenvalue weighted by Crippen LogP contribution is -2.28. The number of anilines is 6. The van der Waals surface area contributed by atoms with Gasteiger partial charge in [-0.05, 0) is 81.3 Å². The Labute approximate surface area is 232 Å². The van der Waals surface area contributed by atoms with E-state index in [4.69, 9.17) is 6.57 Å². The van der Waals surface area contributed by atoms with Crippen LogP contribution in [0.3, 0.4) is 0 Å². The fourth-order valence-corrected chi connectivity index (χ4v) is 7.42. The van der Waals surface area contributed by atoms with Crippen LogP contribution in [0.4, 0.5) is 39.8 Å². The SMILES string of the molecule is [C-]#[N+]c1ccc2c3c1Cc1ccccc1N3c1cc3c(cc1C2)N1c2ccccc2Cc2c(C#N)ccc(c21)C3. The normalized spacial score (nSPS) is 14.4. The van der Waals surface area contributed by atoms with E-state index in [1.807, 2.05) is 12.1 Å². The van der Waals surface area contributed by atoms with Gasteiger partial charge in [-0.3, -0.25) is 0 Å². The van der Waals surface area contributed by atoms with Crippen LogP contribution in [-0.2, 0) is 25.7 Å². The first-order valence-corrected chi connectivity index (χ1v) is 13.7. The second kappa shape index (κ2) is 7.63. The van der Waals surface area contributed by atoms with Gasteiger partial charge in [-0.25, -0.2) is 4.85 Å². The van der Waals surface area contributed by atoms with E-state index in [1.165, 1.54) is 67.5 Å². The highest BCUT2D eigenvalue weighted by atomic mass is 15.2. The van der Waals surface area contributed by atoms with Crippen LogP contribution in [0.1, 0.15) is 50.1 Å². The Morgan fingerprint density at radius 3 is 1.73 bits per heavy atom. The third kappa shape index (κ3) is 2.68. The van der Waals surface area contributed by atoms with Gasteiger partial charge in [-0.2, -0.15) is 5.26 Å². The molecule has 0 saturated carbocycles. The highest BCUT2D eigenvalue weighted by molar-refractivity contribution is 5.96. The average Bonchev–Trinajstić information content (AvgIpc) is 3.00. The zero-order valence-electron chi connectivity index (χ0n) is 21.7. The van der Waals surface area contributed by atoms with Crippen LogP contribution in [0, 0.1) is 17.9 Å². The van der Waals surface area contributed by atoms with Crippen molar-refractivity contribution in [2.45, 2.75) is 25.7 Å². The van der Waals surface area contributed by atoms with Gasteiger partial charge in [0.2, 0.25) is 0 Å². The minimum atomic E-state index is 0.749. The van der Waals surface area contributed by atoms with Gasteiger partial charge >= 0.3 is 0 Å². The largest absolute Gasteiger partial charge is 0.311 e. The molecule has 186 valence electrons. The molecule has 0 amide bonds. The Balaban J connectivity index is 1.31. The molecule has 4 aliphatic heterocycles. The molecule has 5 aromatic rings. The Hall–Kier alpha value is -5.32. The van der Waals surface area contributed by atoms with Crippen LogP contribution in [0.15, 0.2) is 84.9 Å². The number of nitrogens with zero attached hydrogens (tertiary/aromatic N) is 4. The summed E-state index contributed by atoms with van der Waals surface area (Å²) in [7, 11) is 0. The summed E-state index contributed by atoms with van der Waals surface area (Å²) in [6.07, 6.45) is 3.22. The van der Waals surface area contributed by atoms with Crippen molar-refractivity contribution in [1.29, 1.82) is 5.26 Å². The Morgan fingerprint density at radius 1 is 0.575 bits per heavy atom. The zero-order valence-corrected chi connectivity index (χ0v) is 21.7. The summed E-state index contributed by atoms with van der Waals surface area (Å²) in [5.74, 6) is 0. The predicted molar refractivity (Wildman–Crippen MR) is 158 cm³/mol. The smallest absolute Gasteiger partial charge is 0.192 e. The van der Waals surface area contributed by atoms with Gasteiger partial charge < -0.3 is 9.80 Å². The molecule has 4 nitrogen and oxygen atoms in total. The molecule has 0 radical (unpaired) electrons. The number of hydrogen-bond acceptors (Lipinski definition) is 3. The van der Waals surface area contributed by atoms with E-state index in [0.29, 0.717) is 0 Å². The molecule has 40 heavy (non-hydrogen) atoms. The monoisotopic (exact) mass is 510 g/mol. The number of benzene rings is 5. The molecule has 9 rings (SSSR count). The van der Waals surface area contributed by atoms with Crippen molar-refractivity contribution in [3.63, 3.8) is 0 Å². The lowest BCUT2D eigenvalue weighted by atomic mass is 9.81. The fraction of sp³-hybridized carbons (Fsp3) is 0.111. The van der Waals surface area contributed by atoms with Gasteiger partial charge in [0.25, 0.3) is 0 Å². The molecular formula is C36H22N4. The molecule has 4 aliphatic rings. The summed E-state index contributed by atoms with van der Waals surface area (Å²) in [5, 5.41) is 9.96. The van der Waals surface area contributed by atoms with E-state index in [-0.39, 0.29) is 0 Å². The molecule has 0 atom stereocenters. The van der Waals surface area contributed by atoms with Crippen LogP contribution in [0.5, 0.6) is 0 Å². The number of rotatable bonds is 0. The second-order valence-corrected chi connectivity index (χ2v) is 11.1. The number of hydrogen-bond donors (Lipinski definition) is 0. The van der Waals surface area contributed by atoms with E-state index < -0.39 is 0 Å². The number of para-hydroxylation sites is 2. The van der Waals surface area contributed by atoms with Gasteiger partial charge in [-0.15, -0.1) is 0 Å². The topological polar surface area (TPSA) is 34.6 Å². The van der Waals surface area contributed by atoms with Crippen LogP contribution in [0.2, 0.25) is 0 Å². The Kier molecular flexibility index (Phi) is 4.12. The van der Waals surface area contributed by atoms with Crippen molar-refractivity contribution < 1.29 is 0 Å². The van der Waals surface area contributed by atoms with Crippen LogP contribution in [-0.4, -0.2) is 0 Å². The van der Waals surface area contributed by atoms with Gasteiger partial charge in [0.15, 0.2) is 5.69 Å². The Bertz CT molecular complexity index is 1910. The third-order valence-corrected chi connectivity index (χ3v) is 9.12. The molecule has 0 fully saturated rings. The summed E-state index contributed by atoms with van der Waals surface area (Å²) in [4.78, 5) is 8.74. The standard InChI is InChI=1S/C36H22N4/c1-38-30-13-12-24-15-27-18-33-26(19-34(27)40-32-9-5-3-7-22(32)17-29(30)36(24)40)14-23-10-11-25(20-37)28-16-21-6-2-4-8-31(21)39(33)35(23)28/h2-13,18-19H,14-17H2. The maximum absolute atomic E-state index is 9.96. The van der Waals surface area contributed by atoms with Crippen LogP contribution >= 0.6 is 0 Å². The lowest BCUT2D eigenvalue weighted by Gasteiger charge is -2.43. The third-order valence-electron chi connectivity index (χ3n) is 9.12. The van der Waals surface area contributed by atoms with Crippen LogP contribution in [0.25, 0.3) is 4.85 Å². The summed E-state index contributed by atoms with van der Waals surface area (Å²) in [5.41, 5.74) is 18.6. The minimum absolute atomic E-state index is 0.749. The van der Waals surface area contributed by atoms with Crippen molar-refractivity contribution in [3.8, 4) is 6.07 Å². The molecule has 0 unspecified atom stereocenters. The van der Waals surface area contributed by atoms with Crippen LogP contribution < -0.4 is 9.80 Å². The second-order valence-electron chi connectivity index (χ2n) is 11.1. The minimum Gasteiger partial charge on any atom is -0.311 e. The first-order chi connectivity index (χ1) is 19.7. The van der Waals surface area contributed by atoms with Crippen molar-refractivity contribution in [1.82, 2.24) is 0 Å². The lowest BCUT2D eigenvalue weighted by molar-refractivity contribution is 0.981. The zero-order chi connectivity index (χ0) is 26.5. The molecule has 0 bridgehead atoms. The first kappa shape index (κ1) is 21.6. The Morgan fingerprint density at radius 2 is 1.12 bits per heavy atom.